The summed E-state index contributed by atoms with van der Waals surface area (Å²) < 4.78 is 5.31. The van der Waals surface area contributed by atoms with Gasteiger partial charge in [-0.2, -0.15) is 0 Å². The average molecular weight is 327 g/mol. The van der Waals surface area contributed by atoms with Gasteiger partial charge >= 0.3 is 0 Å². The Kier molecular flexibility index (Phi) is 4.60. The first-order chi connectivity index (χ1) is 11.5. The number of ether oxygens (including phenoxy) is 1. The molecule has 2 atom stereocenters. The Morgan fingerprint density at radius 1 is 1.46 bits per heavy atom. The second-order valence-electron chi connectivity index (χ2n) is 6.80. The van der Waals surface area contributed by atoms with Gasteiger partial charge in [-0.3, -0.25) is 10.1 Å². The Labute approximate surface area is 142 Å². The van der Waals surface area contributed by atoms with Crippen LogP contribution in [0.4, 0.5) is 0 Å². The minimum atomic E-state index is -0.466. The summed E-state index contributed by atoms with van der Waals surface area (Å²) >= 11 is 0. The van der Waals surface area contributed by atoms with Gasteiger partial charge in [-0.1, -0.05) is 39.0 Å². The predicted octanol–water partition coefficient (Wildman–Crippen LogP) is 3.58. The van der Waals surface area contributed by atoms with E-state index in [0.717, 1.165) is 18.4 Å². The van der Waals surface area contributed by atoms with Gasteiger partial charge in [0, 0.05) is 22.5 Å². The number of aliphatic imine (C=N–C) groups is 1. The lowest BCUT2D eigenvalue weighted by Crippen LogP contribution is -2.42. The molecule has 0 fully saturated rings. The quantitative estimate of drug-likeness (QED) is 0.881. The second-order valence-corrected chi connectivity index (χ2v) is 6.80. The molecule has 0 bridgehead atoms. The van der Waals surface area contributed by atoms with Crippen LogP contribution in [0.2, 0.25) is 0 Å². The van der Waals surface area contributed by atoms with Crippen LogP contribution in [-0.2, 0) is 9.53 Å². The first-order valence-corrected chi connectivity index (χ1v) is 8.58. The van der Waals surface area contributed by atoms with Crippen LogP contribution < -0.4 is 5.32 Å². The van der Waals surface area contributed by atoms with Crippen LogP contribution >= 0.6 is 0 Å². The van der Waals surface area contributed by atoms with Gasteiger partial charge in [0.15, 0.2) is 0 Å². The smallest absolute Gasteiger partial charge is 0.291 e. The van der Waals surface area contributed by atoms with E-state index in [1.54, 1.807) is 0 Å². The van der Waals surface area contributed by atoms with Crippen molar-refractivity contribution in [2.24, 2.45) is 10.4 Å². The third-order valence-corrected chi connectivity index (χ3v) is 5.04. The fraction of sp³-hybridized carbons (Fsp3) is 0.474. The Morgan fingerprint density at radius 3 is 2.96 bits per heavy atom. The number of nitrogens with zero attached hydrogens (tertiary/aromatic N) is 1. The van der Waals surface area contributed by atoms with Crippen LogP contribution in [0.3, 0.4) is 0 Å². The lowest BCUT2D eigenvalue weighted by Gasteiger charge is -2.29. The van der Waals surface area contributed by atoms with Crippen LogP contribution in [-0.4, -0.2) is 30.1 Å². The number of carbonyl (C=O) groups excluding carboxylic acids is 1. The van der Waals surface area contributed by atoms with Crippen molar-refractivity contribution < 1.29 is 9.53 Å². The van der Waals surface area contributed by atoms with Gasteiger partial charge < -0.3 is 9.72 Å². The maximum Gasteiger partial charge on any atom is 0.291 e. The van der Waals surface area contributed by atoms with Crippen molar-refractivity contribution in [3.05, 3.63) is 36.0 Å². The number of amides is 1. The van der Waals surface area contributed by atoms with Crippen LogP contribution in [0.1, 0.15) is 45.1 Å². The molecule has 5 heteroatoms. The maximum atomic E-state index is 12.7. The lowest BCUT2D eigenvalue weighted by atomic mass is 9.76. The third-order valence-electron chi connectivity index (χ3n) is 5.04. The number of benzene rings is 1. The zero-order valence-corrected chi connectivity index (χ0v) is 14.6. The standard InChI is InChI=1S/C19H25N3O2/c1-4-19(3,17(23)22-18-20-9-10-24-18)11-13(2)15-12-21-16-8-6-5-7-14(15)16/h5-8,12-13,21H,4,9-11H2,1-3H3,(H,20,22,23)/t13-,19+/m1/s1. The van der Waals surface area contributed by atoms with E-state index in [2.05, 4.69) is 47.5 Å². The SMILES string of the molecule is CC[C@@](C)(C[C@@H](C)c1c[nH]c2ccccc12)C(=O)NC1=NCCO1. The number of carbonyl (C=O) groups is 1. The van der Waals surface area contributed by atoms with Gasteiger partial charge in [0.25, 0.3) is 6.02 Å². The average Bonchev–Trinajstić information content (AvgIpc) is 3.23. The lowest BCUT2D eigenvalue weighted by molar-refractivity contribution is -0.129. The highest BCUT2D eigenvalue weighted by atomic mass is 16.5. The highest BCUT2D eigenvalue weighted by Gasteiger charge is 2.35. The normalized spacial score (nSPS) is 17.9. The first-order valence-electron chi connectivity index (χ1n) is 8.58. The van der Waals surface area contributed by atoms with Crippen molar-refractivity contribution in [3.8, 4) is 0 Å². The zero-order valence-electron chi connectivity index (χ0n) is 14.6. The molecule has 128 valence electrons. The Bertz CT molecular complexity index is 765. The summed E-state index contributed by atoms with van der Waals surface area (Å²) in [5, 5.41) is 4.07. The van der Waals surface area contributed by atoms with E-state index in [9.17, 15) is 4.79 Å². The highest BCUT2D eigenvalue weighted by molar-refractivity contribution is 5.97. The van der Waals surface area contributed by atoms with Crippen molar-refractivity contribution in [1.29, 1.82) is 0 Å². The third kappa shape index (κ3) is 3.16. The number of nitrogens with one attached hydrogen (secondary N) is 2. The number of para-hydroxylation sites is 1. The first kappa shape index (κ1) is 16.6. The Morgan fingerprint density at radius 2 is 2.25 bits per heavy atom. The van der Waals surface area contributed by atoms with Crippen LogP contribution in [0.25, 0.3) is 10.9 Å². The molecular weight excluding hydrogens is 302 g/mol. The van der Waals surface area contributed by atoms with Crippen LogP contribution in [0.5, 0.6) is 0 Å². The minimum Gasteiger partial charge on any atom is -0.463 e. The van der Waals surface area contributed by atoms with E-state index < -0.39 is 5.41 Å². The maximum absolute atomic E-state index is 12.7. The van der Waals surface area contributed by atoms with Crippen LogP contribution in [0.15, 0.2) is 35.5 Å². The second kappa shape index (κ2) is 6.67. The Hall–Kier alpha value is -2.30. The van der Waals surface area contributed by atoms with Gasteiger partial charge in [0.2, 0.25) is 5.91 Å². The molecular formula is C19H25N3O2. The zero-order chi connectivity index (χ0) is 17.2. The molecule has 1 aromatic heterocycles. The van der Waals surface area contributed by atoms with E-state index in [4.69, 9.17) is 4.74 Å². The topological polar surface area (TPSA) is 66.5 Å². The fourth-order valence-corrected chi connectivity index (χ4v) is 3.34. The molecule has 0 saturated carbocycles. The largest absolute Gasteiger partial charge is 0.463 e. The van der Waals surface area contributed by atoms with Gasteiger partial charge in [-0.05, 0) is 30.4 Å². The molecule has 2 aromatic rings. The monoisotopic (exact) mass is 327 g/mol. The summed E-state index contributed by atoms with van der Waals surface area (Å²) in [6, 6.07) is 8.64. The molecule has 1 aliphatic heterocycles. The van der Waals surface area contributed by atoms with E-state index in [-0.39, 0.29) is 11.8 Å². The fourth-order valence-electron chi connectivity index (χ4n) is 3.34. The summed E-state index contributed by atoms with van der Waals surface area (Å²) in [7, 11) is 0. The van der Waals surface area contributed by atoms with Crippen molar-refractivity contribution in [2.45, 2.75) is 39.5 Å². The predicted molar refractivity (Wildman–Crippen MR) is 96.1 cm³/mol. The van der Waals surface area contributed by atoms with E-state index in [1.165, 1.54) is 10.9 Å². The summed E-state index contributed by atoms with van der Waals surface area (Å²) in [6.07, 6.45) is 3.59. The van der Waals surface area contributed by atoms with Crippen LogP contribution in [0, 0.1) is 5.41 Å². The molecule has 24 heavy (non-hydrogen) atoms. The number of hydrogen-bond acceptors (Lipinski definition) is 3. The highest BCUT2D eigenvalue weighted by Crippen LogP contribution is 2.37. The number of amidine groups is 1. The minimum absolute atomic E-state index is 0.0164. The molecule has 3 rings (SSSR count). The Balaban J connectivity index is 1.76. The van der Waals surface area contributed by atoms with Crippen molar-refractivity contribution in [3.63, 3.8) is 0 Å². The van der Waals surface area contributed by atoms with E-state index in [0.29, 0.717) is 19.2 Å². The molecule has 0 radical (unpaired) electrons. The van der Waals surface area contributed by atoms with Gasteiger partial charge in [0.05, 0.1) is 6.54 Å². The molecule has 1 aromatic carbocycles. The van der Waals surface area contributed by atoms with Crippen molar-refractivity contribution in [2.75, 3.05) is 13.2 Å². The van der Waals surface area contributed by atoms with E-state index >= 15 is 0 Å². The molecule has 0 unspecified atom stereocenters. The molecule has 0 saturated heterocycles. The number of aromatic nitrogens is 1. The molecule has 1 amide bonds. The molecule has 1 aliphatic rings. The number of hydrogen-bond donors (Lipinski definition) is 2. The molecule has 0 aliphatic carbocycles. The number of rotatable bonds is 5. The summed E-state index contributed by atoms with van der Waals surface area (Å²) in [5.74, 6) is 0.251. The van der Waals surface area contributed by atoms with E-state index in [1.807, 2.05) is 19.1 Å². The molecule has 0 spiro atoms. The van der Waals surface area contributed by atoms with Crippen molar-refractivity contribution in [1.82, 2.24) is 10.3 Å². The number of H-pyrrole nitrogens is 1. The number of fused-ring (bicyclic) bond motifs is 1. The summed E-state index contributed by atoms with van der Waals surface area (Å²) in [5.41, 5.74) is 1.93. The van der Waals surface area contributed by atoms with Gasteiger partial charge in [-0.15, -0.1) is 0 Å². The van der Waals surface area contributed by atoms with Gasteiger partial charge in [0.1, 0.15) is 6.61 Å². The van der Waals surface area contributed by atoms with Crippen molar-refractivity contribution >= 4 is 22.8 Å². The molecule has 2 N–H and O–H groups in total. The number of aromatic amines is 1. The molecule has 5 nitrogen and oxygen atoms in total. The molecule has 2 heterocycles. The summed E-state index contributed by atoms with van der Waals surface area (Å²) in [6.45, 7) is 7.41. The summed E-state index contributed by atoms with van der Waals surface area (Å²) in [4.78, 5) is 20.2. The van der Waals surface area contributed by atoms with Gasteiger partial charge in [-0.25, -0.2) is 4.99 Å².